The average Bonchev–Trinajstić information content (AvgIpc) is 2.37. The Labute approximate surface area is 121 Å². The molecular formula is C13H18F3N3S. The zero-order valence-electron chi connectivity index (χ0n) is 11.4. The van der Waals surface area contributed by atoms with E-state index in [-0.39, 0.29) is 10.6 Å². The highest BCUT2D eigenvalue weighted by Gasteiger charge is 2.33. The zero-order chi connectivity index (χ0) is 15.3. The summed E-state index contributed by atoms with van der Waals surface area (Å²) >= 11 is 4.69. The maximum atomic E-state index is 12.8. The van der Waals surface area contributed by atoms with Gasteiger partial charge in [0.2, 0.25) is 0 Å². The number of rotatable bonds is 6. The molecule has 0 spiro atoms. The molecule has 0 saturated heterocycles. The van der Waals surface area contributed by atoms with Crippen LogP contribution in [0, 0.1) is 0 Å². The molecule has 0 aliphatic heterocycles. The van der Waals surface area contributed by atoms with E-state index in [0.717, 1.165) is 19.2 Å². The Morgan fingerprint density at radius 1 is 1.40 bits per heavy atom. The normalized spacial score (nSPS) is 11.7. The maximum Gasteiger partial charge on any atom is 0.417 e. The van der Waals surface area contributed by atoms with Crippen molar-refractivity contribution in [3.8, 4) is 0 Å². The van der Waals surface area contributed by atoms with Gasteiger partial charge in [0.15, 0.2) is 0 Å². The van der Waals surface area contributed by atoms with Crippen molar-refractivity contribution in [1.82, 2.24) is 4.90 Å². The highest BCUT2D eigenvalue weighted by Crippen LogP contribution is 2.33. The first-order valence-corrected chi connectivity index (χ1v) is 6.60. The van der Waals surface area contributed by atoms with E-state index in [1.807, 2.05) is 14.0 Å². The second kappa shape index (κ2) is 6.90. The number of hydrogen-bond acceptors (Lipinski definition) is 3. The van der Waals surface area contributed by atoms with Crippen LogP contribution in [0.1, 0.15) is 18.1 Å². The van der Waals surface area contributed by atoms with Crippen molar-refractivity contribution in [1.29, 1.82) is 0 Å². The van der Waals surface area contributed by atoms with Gasteiger partial charge in [-0.2, -0.15) is 13.2 Å². The summed E-state index contributed by atoms with van der Waals surface area (Å²) in [4.78, 5) is 1.83. The van der Waals surface area contributed by atoms with Crippen LogP contribution in [0.15, 0.2) is 18.2 Å². The highest BCUT2D eigenvalue weighted by atomic mass is 32.1. The van der Waals surface area contributed by atoms with Crippen LogP contribution >= 0.6 is 12.2 Å². The van der Waals surface area contributed by atoms with E-state index in [1.54, 1.807) is 0 Å². The van der Waals surface area contributed by atoms with Crippen LogP contribution in [0.25, 0.3) is 0 Å². The van der Waals surface area contributed by atoms with Gasteiger partial charge in [0.25, 0.3) is 0 Å². The molecule has 112 valence electrons. The van der Waals surface area contributed by atoms with Gasteiger partial charge in [-0.1, -0.05) is 19.1 Å². The van der Waals surface area contributed by atoms with Crippen LogP contribution in [0.5, 0.6) is 0 Å². The monoisotopic (exact) mass is 305 g/mol. The minimum absolute atomic E-state index is 0.152. The Kier molecular flexibility index (Phi) is 5.76. The maximum absolute atomic E-state index is 12.8. The Morgan fingerprint density at radius 3 is 2.55 bits per heavy atom. The molecule has 0 fully saturated rings. The third-order valence-corrected chi connectivity index (χ3v) is 3.17. The van der Waals surface area contributed by atoms with Gasteiger partial charge in [0, 0.05) is 24.3 Å². The third-order valence-electron chi connectivity index (χ3n) is 2.95. The van der Waals surface area contributed by atoms with Crippen molar-refractivity contribution in [3.63, 3.8) is 0 Å². The van der Waals surface area contributed by atoms with Gasteiger partial charge in [-0.25, -0.2) is 0 Å². The summed E-state index contributed by atoms with van der Waals surface area (Å²) in [6, 6.07) is 3.73. The number of thiocarbonyl (C=S) groups is 1. The molecule has 0 aliphatic carbocycles. The number of halogens is 3. The zero-order valence-corrected chi connectivity index (χ0v) is 12.2. The molecule has 0 unspecified atom stereocenters. The number of hydrogen-bond donors (Lipinski definition) is 2. The number of alkyl halides is 3. The summed E-state index contributed by atoms with van der Waals surface area (Å²) in [7, 11) is 1.97. The predicted octanol–water partition coefficient (Wildman–Crippen LogP) is 2.70. The smallest absolute Gasteiger partial charge is 0.389 e. The summed E-state index contributed by atoms with van der Waals surface area (Å²) in [6.07, 6.45) is -4.46. The first-order valence-electron chi connectivity index (χ1n) is 6.19. The van der Waals surface area contributed by atoms with E-state index in [4.69, 9.17) is 18.0 Å². The van der Waals surface area contributed by atoms with E-state index in [0.29, 0.717) is 12.2 Å². The highest BCUT2D eigenvalue weighted by molar-refractivity contribution is 7.80. The Hall–Kier alpha value is -1.34. The standard InChI is InChI=1S/C13H18F3N3S/c1-3-19(2)7-6-18-9-4-5-11(13(14,15)16)10(8-9)12(17)20/h4-5,8,18H,3,6-7H2,1-2H3,(H2,17,20). The van der Waals surface area contributed by atoms with Gasteiger partial charge in [-0.15, -0.1) is 0 Å². The number of nitrogens with two attached hydrogens (primary N) is 1. The van der Waals surface area contributed by atoms with E-state index < -0.39 is 11.7 Å². The van der Waals surface area contributed by atoms with E-state index >= 15 is 0 Å². The largest absolute Gasteiger partial charge is 0.417 e. The molecule has 1 aromatic carbocycles. The van der Waals surface area contributed by atoms with Crippen molar-refractivity contribution in [2.75, 3.05) is 32.0 Å². The lowest BCUT2D eigenvalue weighted by atomic mass is 10.1. The molecule has 1 rings (SSSR count). The quantitative estimate of drug-likeness (QED) is 0.793. The summed E-state index contributed by atoms with van der Waals surface area (Å²) in [5.74, 6) is 0. The van der Waals surface area contributed by atoms with E-state index in [2.05, 4.69) is 10.2 Å². The minimum atomic E-state index is -4.46. The van der Waals surface area contributed by atoms with Gasteiger partial charge >= 0.3 is 6.18 Å². The Morgan fingerprint density at radius 2 is 2.05 bits per heavy atom. The summed E-state index contributed by atoms with van der Waals surface area (Å²) in [5, 5.41) is 3.06. The Balaban J connectivity index is 2.86. The van der Waals surface area contributed by atoms with Gasteiger partial charge in [-0.3, -0.25) is 0 Å². The molecule has 0 atom stereocenters. The summed E-state index contributed by atoms with van der Waals surface area (Å²) < 4.78 is 38.4. The van der Waals surface area contributed by atoms with Gasteiger partial charge < -0.3 is 16.0 Å². The first kappa shape index (κ1) is 16.7. The van der Waals surface area contributed by atoms with Crippen LogP contribution < -0.4 is 11.1 Å². The summed E-state index contributed by atoms with van der Waals surface area (Å²) in [6.45, 7) is 4.36. The van der Waals surface area contributed by atoms with Crippen LogP contribution in [-0.4, -0.2) is 36.6 Å². The number of benzene rings is 1. The molecule has 20 heavy (non-hydrogen) atoms. The molecule has 0 bridgehead atoms. The number of nitrogens with one attached hydrogen (secondary N) is 1. The minimum Gasteiger partial charge on any atom is -0.389 e. The number of nitrogens with zero attached hydrogens (tertiary/aromatic N) is 1. The van der Waals surface area contributed by atoms with Gasteiger partial charge in [0.1, 0.15) is 4.99 Å². The fourth-order valence-electron chi connectivity index (χ4n) is 1.65. The van der Waals surface area contributed by atoms with E-state index in [9.17, 15) is 13.2 Å². The molecule has 0 radical (unpaired) electrons. The molecule has 1 aromatic rings. The lowest BCUT2D eigenvalue weighted by molar-refractivity contribution is -0.137. The van der Waals surface area contributed by atoms with E-state index in [1.165, 1.54) is 12.1 Å². The molecular weight excluding hydrogens is 287 g/mol. The molecule has 0 saturated carbocycles. The SMILES string of the molecule is CCN(C)CCNc1ccc(C(F)(F)F)c(C(N)=S)c1. The van der Waals surface area contributed by atoms with Crippen molar-refractivity contribution in [2.45, 2.75) is 13.1 Å². The second-order valence-corrected chi connectivity index (χ2v) is 4.88. The topological polar surface area (TPSA) is 41.3 Å². The Bertz CT molecular complexity index is 474. The second-order valence-electron chi connectivity index (χ2n) is 4.45. The van der Waals surface area contributed by atoms with Crippen molar-refractivity contribution in [3.05, 3.63) is 29.3 Å². The number of anilines is 1. The van der Waals surface area contributed by atoms with Crippen molar-refractivity contribution < 1.29 is 13.2 Å². The molecule has 3 nitrogen and oxygen atoms in total. The molecule has 0 amide bonds. The third kappa shape index (κ3) is 4.64. The average molecular weight is 305 g/mol. The lowest BCUT2D eigenvalue weighted by Gasteiger charge is -2.17. The van der Waals surface area contributed by atoms with Gasteiger partial charge in [0.05, 0.1) is 5.56 Å². The van der Waals surface area contributed by atoms with Crippen LogP contribution in [0.3, 0.4) is 0 Å². The van der Waals surface area contributed by atoms with Crippen LogP contribution in [0.4, 0.5) is 18.9 Å². The lowest BCUT2D eigenvalue weighted by Crippen LogP contribution is -2.25. The fraction of sp³-hybridized carbons (Fsp3) is 0.462. The fourth-order valence-corrected chi connectivity index (χ4v) is 1.82. The molecule has 0 heterocycles. The van der Waals surface area contributed by atoms with Crippen LogP contribution in [-0.2, 0) is 6.18 Å². The predicted molar refractivity (Wildman–Crippen MR) is 79.0 cm³/mol. The van der Waals surface area contributed by atoms with Crippen molar-refractivity contribution in [2.24, 2.45) is 5.73 Å². The van der Waals surface area contributed by atoms with Gasteiger partial charge in [-0.05, 0) is 31.8 Å². The van der Waals surface area contributed by atoms with Crippen LogP contribution in [0.2, 0.25) is 0 Å². The molecule has 0 aliphatic rings. The number of likely N-dealkylation sites (N-methyl/N-ethyl adjacent to an activating group) is 1. The summed E-state index contributed by atoms with van der Waals surface area (Å²) in [5.41, 5.74) is 4.99. The molecule has 3 N–H and O–H groups in total. The first-order chi connectivity index (χ1) is 9.25. The molecule has 0 aromatic heterocycles. The molecule has 7 heteroatoms. The van der Waals surface area contributed by atoms with Crippen molar-refractivity contribution >= 4 is 22.9 Å².